The first-order valence-electron chi connectivity index (χ1n) is 9.61. The number of allylic oxidation sites excluding steroid dienone is 1. The number of rotatable bonds is 3. The van der Waals surface area contributed by atoms with E-state index in [9.17, 15) is 9.90 Å². The van der Waals surface area contributed by atoms with Gasteiger partial charge in [-0.2, -0.15) is 0 Å². The van der Waals surface area contributed by atoms with Gasteiger partial charge in [-0.15, -0.1) is 0 Å². The fourth-order valence-electron chi connectivity index (χ4n) is 4.55. The minimum Gasteiger partial charge on any atom is -0.507 e. The molecule has 0 bridgehead atoms. The molecule has 1 aliphatic rings. The lowest BCUT2D eigenvalue weighted by Gasteiger charge is -2.26. The molecule has 1 N–H and O–H groups in total. The highest BCUT2D eigenvalue weighted by Gasteiger charge is 2.38. The number of aliphatic hydroxyl groups is 1. The predicted octanol–water partition coefficient (Wildman–Crippen LogP) is 6.22. The second-order valence-electron chi connectivity index (χ2n) is 7.68. The molecule has 0 radical (unpaired) electrons. The lowest BCUT2D eigenvalue weighted by atomic mass is 9.76. The van der Waals surface area contributed by atoms with Crippen LogP contribution in [0, 0.1) is 27.7 Å². The molecule has 0 fully saturated rings. The zero-order valence-corrected chi connectivity index (χ0v) is 16.7. The van der Waals surface area contributed by atoms with Gasteiger partial charge in [-0.05, 0) is 61.1 Å². The van der Waals surface area contributed by atoms with Crippen LogP contribution in [0.2, 0.25) is 0 Å². The number of carbonyl (C=O) groups is 1. The Morgan fingerprint density at radius 2 is 1.07 bits per heavy atom. The molecule has 2 nitrogen and oxygen atoms in total. The fourth-order valence-corrected chi connectivity index (χ4v) is 4.55. The van der Waals surface area contributed by atoms with Crippen LogP contribution in [0.3, 0.4) is 0 Å². The fraction of sp³-hybridized carbons (Fsp3) is 0.192. The van der Waals surface area contributed by atoms with E-state index in [1.165, 1.54) is 0 Å². The molecule has 0 spiro atoms. The second-order valence-corrected chi connectivity index (χ2v) is 7.68. The molecular weight excluding hydrogens is 344 g/mol. The van der Waals surface area contributed by atoms with Gasteiger partial charge in [-0.25, -0.2) is 0 Å². The quantitative estimate of drug-likeness (QED) is 0.596. The maximum absolute atomic E-state index is 13.4. The molecule has 0 heterocycles. The summed E-state index contributed by atoms with van der Waals surface area (Å²) in [6.45, 7) is 8.31. The average molecular weight is 368 g/mol. The highest BCUT2D eigenvalue weighted by Crippen LogP contribution is 2.45. The number of hydrogen-bond acceptors (Lipinski definition) is 2. The Labute approximate surface area is 166 Å². The van der Waals surface area contributed by atoms with E-state index in [0.29, 0.717) is 16.7 Å². The Bertz CT molecular complexity index is 1040. The van der Waals surface area contributed by atoms with Crippen LogP contribution in [0.1, 0.15) is 55.2 Å². The molecule has 3 aromatic carbocycles. The number of benzene rings is 3. The topological polar surface area (TPSA) is 37.3 Å². The molecule has 0 amide bonds. The standard InChI is InChI=1S/C26H24O2/c1-15-9-7-10-16(2)21(15)23(22-17(3)11-8-12-18(22)4)24-25(27)19-13-5-6-14-20(19)26(24)28/h5-14,23,27H,1-4H3. The van der Waals surface area contributed by atoms with Crippen molar-refractivity contribution in [3.63, 3.8) is 0 Å². The predicted molar refractivity (Wildman–Crippen MR) is 114 cm³/mol. The van der Waals surface area contributed by atoms with Gasteiger partial charge in [0, 0.05) is 17.0 Å². The number of fused-ring (bicyclic) bond motifs is 1. The van der Waals surface area contributed by atoms with Gasteiger partial charge in [0.2, 0.25) is 0 Å². The molecule has 3 aromatic rings. The minimum absolute atomic E-state index is 0.0802. The summed E-state index contributed by atoms with van der Waals surface area (Å²) in [4.78, 5) is 13.4. The van der Waals surface area contributed by atoms with Crippen molar-refractivity contribution in [2.24, 2.45) is 0 Å². The van der Waals surface area contributed by atoms with E-state index in [-0.39, 0.29) is 17.5 Å². The first-order chi connectivity index (χ1) is 13.4. The summed E-state index contributed by atoms with van der Waals surface area (Å²) < 4.78 is 0. The van der Waals surface area contributed by atoms with Crippen molar-refractivity contribution < 1.29 is 9.90 Å². The highest BCUT2D eigenvalue weighted by molar-refractivity contribution is 6.20. The minimum atomic E-state index is -0.303. The van der Waals surface area contributed by atoms with Crippen LogP contribution in [-0.2, 0) is 0 Å². The van der Waals surface area contributed by atoms with Crippen LogP contribution in [0.5, 0.6) is 0 Å². The summed E-state index contributed by atoms with van der Waals surface area (Å²) in [6.07, 6.45) is 0. The van der Waals surface area contributed by atoms with Crippen LogP contribution in [-0.4, -0.2) is 10.9 Å². The summed E-state index contributed by atoms with van der Waals surface area (Å²) in [7, 11) is 0. The van der Waals surface area contributed by atoms with Gasteiger partial charge in [0.25, 0.3) is 0 Å². The molecule has 0 aromatic heterocycles. The Morgan fingerprint density at radius 3 is 1.50 bits per heavy atom. The van der Waals surface area contributed by atoms with Crippen LogP contribution >= 0.6 is 0 Å². The number of carbonyl (C=O) groups excluding carboxylic acids is 1. The molecule has 2 heteroatoms. The maximum Gasteiger partial charge on any atom is 0.194 e. The van der Waals surface area contributed by atoms with Crippen molar-refractivity contribution in [2.75, 3.05) is 0 Å². The molecule has 0 unspecified atom stereocenters. The number of Topliss-reactive ketones (excluding diaryl/α,β-unsaturated/α-hetero) is 1. The van der Waals surface area contributed by atoms with Crippen molar-refractivity contribution >= 4 is 11.5 Å². The second kappa shape index (κ2) is 6.79. The van der Waals surface area contributed by atoms with Crippen LogP contribution in [0.25, 0.3) is 5.76 Å². The van der Waals surface area contributed by atoms with Crippen LogP contribution in [0.4, 0.5) is 0 Å². The van der Waals surface area contributed by atoms with Crippen LogP contribution in [0.15, 0.2) is 66.2 Å². The van der Waals surface area contributed by atoms with Crippen molar-refractivity contribution in [2.45, 2.75) is 33.6 Å². The van der Waals surface area contributed by atoms with E-state index in [4.69, 9.17) is 0 Å². The SMILES string of the molecule is Cc1cccc(C)c1C(C1=C(O)c2ccccc2C1=O)c1c(C)cccc1C. The largest absolute Gasteiger partial charge is 0.507 e. The molecule has 1 aliphatic carbocycles. The van der Waals surface area contributed by atoms with Crippen molar-refractivity contribution in [3.05, 3.63) is 111 Å². The molecule has 28 heavy (non-hydrogen) atoms. The third kappa shape index (κ3) is 2.68. The van der Waals surface area contributed by atoms with Gasteiger partial charge < -0.3 is 5.11 Å². The van der Waals surface area contributed by atoms with Gasteiger partial charge in [-0.3, -0.25) is 4.79 Å². The molecular formula is C26H24O2. The molecule has 0 saturated carbocycles. The molecule has 0 saturated heterocycles. The molecule has 0 atom stereocenters. The van der Waals surface area contributed by atoms with Gasteiger partial charge in [0.1, 0.15) is 5.76 Å². The first kappa shape index (κ1) is 18.2. The summed E-state index contributed by atoms with van der Waals surface area (Å²) in [5, 5.41) is 11.1. The lowest BCUT2D eigenvalue weighted by molar-refractivity contribution is 0.103. The Morgan fingerprint density at radius 1 is 0.643 bits per heavy atom. The van der Waals surface area contributed by atoms with Crippen molar-refractivity contribution in [1.82, 2.24) is 0 Å². The molecule has 0 aliphatic heterocycles. The third-order valence-corrected chi connectivity index (χ3v) is 5.88. The van der Waals surface area contributed by atoms with Crippen LogP contribution < -0.4 is 0 Å². The van der Waals surface area contributed by atoms with Gasteiger partial charge in [-0.1, -0.05) is 60.7 Å². The Kier molecular flexibility index (Phi) is 4.43. The first-order valence-corrected chi connectivity index (χ1v) is 9.61. The summed E-state index contributed by atoms with van der Waals surface area (Å²) in [5.41, 5.74) is 8.38. The van der Waals surface area contributed by atoms with E-state index in [0.717, 1.165) is 33.4 Å². The Balaban J connectivity index is 2.07. The van der Waals surface area contributed by atoms with E-state index in [1.54, 1.807) is 6.07 Å². The van der Waals surface area contributed by atoms with E-state index in [2.05, 4.69) is 52.0 Å². The molecule has 140 valence electrons. The van der Waals surface area contributed by atoms with E-state index >= 15 is 0 Å². The summed E-state index contributed by atoms with van der Waals surface area (Å²) in [5.74, 6) is -0.276. The number of aryl methyl sites for hydroxylation is 4. The van der Waals surface area contributed by atoms with E-state index < -0.39 is 0 Å². The lowest BCUT2D eigenvalue weighted by Crippen LogP contribution is -2.16. The van der Waals surface area contributed by atoms with Gasteiger partial charge >= 0.3 is 0 Å². The van der Waals surface area contributed by atoms with Gasteiger partial charge in [0.15, 0.2) is 5.78 Å². The summed E-state index contributed by atoms with van der Waals surface area (Å²) >= 11 is 0. The highest BCUT2D eigenvalue weighted by atomic mass is 16.3. The smallest absolute Gasteiger partial charge is 0.194 e. The third-order valence-electron chi connectivity index (χ3n) is 5.88. The van der Waals surface area contributed by atoms with Gasteiger partial charge in [0.05, 0.1) is 5.57 Å². The van der Waals surface area contributed by atoms with Crippen molar-refractivity contribution in [3.8, 4) is 0 Å². The average Bonchev–Trinajstić information content (AvgIpc) is 2.91. The maximum atomic E-state index is 13.4. The zero-order valence-electron chi connectivity index (χ0n) is 16.7. The number of ketones is 1. The normalized spacial score (nSPS) is 13.4. The monoisotopic (exact) mass is 368 g/mol. The Hall–Kier alpha value is -3.13. The van der Waals surface area contributed by atoms with Crippen molar-refractivity contribution in [1.29, 1.82) is 0 Å². The molecule has 4 rings (SSSR count). The zero-order chi connectivity index (χ0) is 20.0. The number of aliphatic hydroxyl groups excluding tert-OH is 1. The number of hydrogen-bond donors (Lipinski definition) is 1. The summed E-state index contributed by atoms with van der Waals surface area (Å²) in [6, 6.07) is 19.7. The van der Waals surface area contributed by atoms with E-state index in [1.807, 2.05) is 30.3 Å².